The van der Waals surface area contributed by atoms with Crippen molar-refractivity contribution in [1.29, 1.82) is 0 Å². The highest BCUT2D eigenvalue weighted by Crippen LogP contribution is 2.25. The van der Waals surface area contributed by atoms with E-state index in [1.54, 1.807) is 19.2 Å². The monoisotopic (exact) mass is 348 g/mol. The molecule has 1 N–H and O–H groups in total. The third-order valence-electron chi connectivity index (χ3n) is 3.98. The van der Waals surface area contributed by atoms with Crippen molar-refractivity contribution in [2.24, 2.45) is 0 Å². The van der Waals surface area contributed by atoms with E-state index in [0.717, 1.165) is 17.7 Å². The summed E-state index contributed by atoms with van der Waals surface area (Å²) in [6.07, 6.45) is 2.21. The lowest BCUT2D eigenvalue weighted by molar-refractivity contribution is 0.102. The molecule has 0 saturated heterocycles. The van der Waals surface area contributed by atoms with Crippen molar-refractivity contribution in [2.75, 3.05) is 19.5 Å². The molecule has 0 fully saturated rings. The molecule has 0 aliphatic rings. The van der Waals surface area contributed by atoms with Crippen LogP contribution < -0.4 is 14.8 Å². The third-order valence-corrected chi connectivity index (χ3v) is 3.98. The Balaban J connectivity index is 1.79. The first-order valence-electron chi connectivity index (χ1n) is 8.22. The largest absolute Gasteiger partial charge is 0.496 e. The highest BCUT2D eigenvalue weighted by molar-refractivity contribution is 6.04. The molecule has 0 atom stereocenters. The SMILES string of the molecule is COc1ccc(C(=O)Nc2ccc(OC)c(Cc3ccccc3)c2)cn1. The maximum Gasteiger partial charge on any atom is 0.257 e. The summed E-state index contributed by atoms with van der Waals surface area (Å²) in [4.78, 5) is 16.5. The van der Waals surface area contributed by atoms with Crippen molar-refractivity contribution < 1.29 is 14.3 Å². The molecule has 2 aromatic carbocycles. The van der Waals surface area contributed by atoms with Crippen LogP contribution in [-0.2, 0) is 6.42 Å². The first-order chi connectivity index (χ1) is 12.7. The Hall–Kier alpha value is -3.34. The molecule has 1 amide bonds. The average Bonchev–Trinajstić information content (AvgIpc) is 2.69. The van der Waals surface area contributed by atoms with Gasteiger partial charge in [-0.25, -0.2) is 4.98 Å². The van der Waals surface area contributed by atoms with E-state index in [-0.39, 0.29) is 5.91 Å². The second-order valence-corrected chi connectivity index (χ2v) is 5.73. The predicted octanol–water partition coefficient (Wildman–Crippen LogP) is 3.94. The van der Waals surface area contributed by atoms with Crippen molar-refractivity contribution >= 4 is 11.6 Å². The minimum atomic E-state index is -0.226. The Bertz CT molecular complexity index is 878. The van der Waals surface area contributed by atoms with Crippen molar-refractivity contribution in [3.05, 3.63) is 83.6 Å². The number of pyridine rings is 1. The quantitative estimate of drug-likeness (QED) is 0.733. The van der Waals surface area contributed by atoms with Gasteiger partial charge in [0.2, 0.25) is 5.88 Å². The van der Waals surface area contributed by atoms with E-state index >= 15 is 0 Å². The topological polar surface area (TPSA) is 60.5 Å². The summed E-state index contributed by atoms with van der Waals surface area (Å²) in [5.41, 5.74) is 3.35. The Labute approximate surface area is 152 Å². The molecule has 5 nitrogen and oxygen atoms in total. The van der Waals surface area contributed by atoms with Gasteiger partial charge in [0.1, 0.15) is 5.75 Å². The molecule has 0 spiro atoms. The van der Waals surface area contributed by atoms with E-state index in [9.17, 15) is 4.79 Å². The lowest BCUT2D eigenvalue weighted by Gasteiger charge is -2.12. The molecule has 0 aliphatic carbocycles. The number of anilines is 1. The fourth-order valence-corrected chi connectivity index (χ4v) is 2.65. The number of hydrogen-bond acceptors (Lipinski definition) is 4. The van der Waals surface area contributed by atoms with Crippen molar-refractivity contribution in [3.63, 3.8) is 0 Å². The second-order valence-electron chi connectivity index (χ2n) is 5.73. The van der Waals surface area contributed by atoms with Gasteiger partial charge < -0.3 is 14.8 Å². The molecule has 1 aromatic heterocycles. The van der Waals surface area contributed by atoms with Gasteiger partial charge in [-0.3, -0.25) is 4.79 Å². The molecule has 0 bridgehead atoms. The van der Waals surface area contributed by atoms with E-state index in [0.29, 0.717) is 17.1 Å². The minimum absolute atomic E-state index is 0.226. The Morgan fingerprint density at radius 2 is 1.81 bits per heavy atom. The molecule has 3 rings (SSSR count). The van der Waals surface area contributed by atoms with Crippen molar-refractivity contribution in [2.45, 2.75) is 6.42 Å². The van der Waals surface area contributed by atoms with Crippen LogP contribution in [0.5, 0.6) is 11.6 Å². The van der Waals surface area contributed by atoms with Crippen LogP contribution in [0.15, 0.2) is 66.9 Å². The number of methoxy groups -OCH3 is 2. The van der Waals surface area contributed by atoms with Crippen LogP contribution in [0.3, 0.4) is 0 Å². The van der Waals surface area contributed by atoms with Gasteiger partial charge in [-0.1, -0.05) is 30.3 Å². The fourth-order valence-electron chi connectivity index (χ4n) is 2.65. The summed E-state index contributed by atoms with van der Waals surface area (Å²) in [5.74, 6) is 1.03. The van der Waals surface area contributed by atoms with Crippen LogP contribution in [0.25, 0.3) is 0 Å². The van der Waals surface area contributed by atoms with E-state index in [2.05, 4.69) is 22.4 Å². The predicted molar refractivity (Wildman–Crippen MR) is 101 cm³/mol. The molecular weight excluding hydrogens is 328 g/mol. The number of ether oxygens (including phenoxy) is 2. The maximum atomic E-state index is 12.4. The third kappa shape index (κ3) is 4.19. The number of benzene rings is 2. The summed E-state index contributed by atoms with van der Waals surface area (Å²) >= 11 is 0. The summed E-state index contributed by atoms with van der Waals surface area (Å²) in [6.45, 7) is 0. The molecule has 5 heteroatoms. The smallest absolute Gasteiger partial charge is 0.257 e. The zero-order chi connectivity index (χ0) is 18.4. The van der Waals surface area contributed by atoms with Crippen LogP contribution in [0.2, 0.25) is 0 Å². The van der Waals surface area contributed by atoms with Crippen LogP contribution in [0, 0.1) is 0 Å². The van der Waals surface area contributed by atoms with Crippen LogP contribution in [-0.4, -0.2) is 25.1 Å². The van der Waals surface area contributed by atoms with Gasteiger partial charge in [0.25, 0.3) is 5.91 Å². The van der Waals surface area contributed by atoms with E-state index in [4.69, 9.17) is 9.47 Å². The first-order valence-corrected chi connectivity index (χ1v) is 8.22. The van der Waals surface area contributed by atoms with Crippen molar-refractivity contribution in [3.8, 4) is 11.6 Å². The van der Waals surface area contributed by atoms with Crippen LogP contribution >= 0.6 is 0 Å². The van der Waals surface area contributed by atoms with E-state index in [1.807, 2.05) is 36.4 Å². The number of aromatic nitrogens is 1. The summed E-state index contributed by atoms with van der Waals surface area (Å²) < 4.78 is 10.5. The fraction of sp³-hybridized carbons (Fsp3) is 0.143. The van der Waals surface area contributed by atoms with Gasteiger partial charge in [-0.05, 0) is 29.8 Å². The molecule has 0 unspecified atom stereocenters. The number of rotatable bonds is 6. The van der Waals surface area contributed by atoms with Gasteiger partial charge in [0, 0.05) is 29.9 Å². The zero-order valence-electron chi connectivity index (χ0n) is 14.7. The second kappa shape index (κ2) is 8.16. The molecule has 0 radical (unpaired) electrons. The molecule has 1 heterocycles. The molecule has 26 heavy (non-hydrogen) atoms. The number of hydrogen-bond donors (Lipinski definition) is 1. The molecule has 0 aliphatic heterocycles. The number of carbonyl (C=O) groups excluding carboxylic acids is 1. The van der Waals surface area contributed by atoms with Crippen LogP contribution in [0.4, 0.5) is 5.69 Å². The highest BCUT2D eigenvalue weighted by atomic mass is 16.5. The summed E-state index contributed by atoms with van der Waals surface area (Å²) in [6, 6.07) is 19.1. The van der Waals surface area contributed by atoms with Crippen molar-refractivity contribution in [1.82, 2.24) is 4.98 Å². The highest BCUT2D eigenvalue weighted by Gasteiger charge is 2.10. The van der Waals surface area contributed by atoms with Gasteiger partial charge in [-0.15, -0.1) is 0 Å². The average molecular weight is 348 g/mol. The number of nitrogens with one attached hydrogen (secondary N) is 1. The standard InChI is InChI=1S/C21H20N2O3/c1-25-19-10-9-18(13-17(19)12-15-6-4-3-5-7-15)23-21(24)16-8-11-20(26-2)22-14-16/h3-11,13-14H,12H2,1-2H3,(H,23,24). The van der Waals surface area contributed by atoms with Gasteiger partial charge >= 0.3 is 0 Å². The first kappa shape index (κ1) is 17.5. The summed E-state index contributed by atoms with van der Waals surface area (Å²) in [5, 5.41) is 2.90. The maximum absolute atomic E-state index is 12.4. The van der Waals surface area contributed by atoms with E-state index in [1.165, 1.54) is 18.9 Å². The Morgan fingerprint density at radius 1 is 1.00 bits per heavy atom. The Kier molecular flexibility index (Phi) is 5.49. The Morgan fingerprint density at radius 3 is 2.46 bits per heavy atom. The lowest BCUT2D eigenvalue weighted by atomic mass is 10.0. The molecular formula is C21H20N2O3. The molecule has 0 saturated carbocycles. The van der Waals surface area contributed by atoms with Gasteiger partial charge in [0.05, 0.1) is 19.8 Å². The lowest BCUT2D eigenvalue weighted by Crippen LogP contribution is -2.12. The van der Waals surface area contributed by atoms with Gasteiger partial charge in [-0.2, -0.15) is 0 Å². The number of carbonyl (C=O) groups is 1. The minimum Gasteiger partial charge on any atom is -0.496 e. The molecule has 3 aromatic rings. The summed E-state index contributed by atoms with van der Waals surface area (Å²) in [7, 11) is 3.18. The van der Waals surface area contributed by atoms with Crippen LogP contribution in [0.1, 0.15) is 21.5 Å². The normalized spacial score (nSPS) is 10.2. The number of nitrogens with zero attached hydrogens (tertiary/aromatic N) is 1. The zero-order valence-corrected chi connectivity index (χ0v) is 14.7. The number of amides is 1. The molecule has 132 valence electrons. The van der Waals surface area contributed by atoms with Gasteiger partial charge in [0.15, 0.2) is 0 Å². The van der Waals surface area contributed by atoms with E-state index < -0.39 is 0 Å².